The molecule has 2 aliphatic heterocycles. The van der Waals surface area contributed by atoms with E-state index in [2.05, 4.69) is 45.1 Å². The first-order chi connectivity index (χ1) is 15.2. The van der Waals surface area contributed by atoms with Gasteiger partial charge in [0.15, 0.2) is 0 Å². The summed E-state index contributed by atoms with van der Waals surface area (Å²) in [6.45, 7) is 25.1. The minimum absolute atomic E-state index is 0.803. The minimum atomic E-state index is 0.803. The number of imidazole rings is 1. The predicted molar refractivity (Wildman–Crippen MR) is 139 cm³/mol. The van der Waals surface area contributed by atoms with Crippen LogP contribution in [-0.2, 0) is 0 Å². The van der Waals surface area contributed by atoms with Crippen molar-refractivity contribution < 1.29 is 0 Å². The molecule has 180 valence electrons. The fourth-order valence-corrected chi connectivity index (χ4v) is 2.15. The van der Waals surface area contributed by atoms with E-state index in [1.54, 1.807) is 0 Å². The first-order valence-electron chi connectivity index (χ1n) is 11.1. The van der Waals surface area contributed by atoms with Gasteiger partial charge in [0.25, 0.3) is 0 Å². The van der Waals surface area contributed by atoms with Gasteiger partial charge in [-0.15, -0.1) is 0 Å². The third-order valence-electron chi connectivity index (χ3n) is 3.32. The highest BCUT2D eigenvalue weighted by Gasteiger charge is 1.98. The molecule has 0 unspecified atom stereocenters. The lowest BCUT2D eigenvalue weighted by Crippen LogP contribution is -1.87. The van der Waals surface area contributed by atoms with Crippen molar-refractivity contribution in [1.29, 1.82) is 0 Å². The molecular weight excluding hydrogens is 402 g/mol. The van der Waals surface area contributed by atoms with Crippen molar-refractivity contribution in [1.82, 2.24) is 25.1 Å². The maximum Gasteiger partial charge on any atom is 0.147 e. The molecule has 4 rings (SSSR count). The van der Waals surface area contributed by atoms with E-state index in [4.69, 9.17) is 0 Å². The third-order valence-corrected chi connectivity index (χ3v) is 3.32. The van der Waals surface area contributed by atoms with Crippen LogP contribution in [0.3, 0.4) is 0 Å². The molecule has 0 aliphatic carbocycles. The smallest absolute Gasteiger partial charge is 0.147 e. The van der Waals surface area contributed by atoms with Crippen molar-refractivity contribution in [2.24, 2.45) is 20.0 Å². The first kappa shape index (κ1) is 31.2. The largest absolute Gasteiger partial charge is 0.346 e. The predicted octanol–water partition coefficient (Wildman–Crippen LogP) is 5.26. The summed E-state index contributed by atoms with van der Waals surface area (Å²) in [7, 11) is 0. The van der Waals surface area contributed by atoms with E-state index in [1.807, 2.05) is 89.3 Å². The summed E-state index contributed by atoms with van der Waals surface area (Å²) >= 11 is 0. The normalized spacial score (nSPS) is 12.9. The number of hydrogen-bond donors (Lipinski definition) is 2. The Morgan fingerprint density at radius 1 is 0.688 bits per heavy atom. The molecule has 0 saturated heterocycles. The molecule has 2 aliphatic rings. The number of aryl methyl sites for hydroxylation is 4. The minimum Gasteiger partial charge on any atom is -0.346 e. The molecule has 0 aromatic carbocycles. The number of nitrogens with one attached hydrogen (secondary N) is 2. The van der Waals surface area contributed by atoms with Gasteiger partial charge in [-0.3, -0.25) is 15.1 Å². The van der Waals surface area contributed by atoms with Crippen molar-refractivity contribution in [3.8, 4) is 0 Å². The lowest BCUT2D eigenvalue weighted by molar-refractivity contribution is 1.02. The van der Waals surface area contributed by atoms with Crippen LogP contribution in [0.1, 0.15) is 78.6 Å². The summed E-state index contributed by atoms with van der Waals surface area (Å²) in [5.41, 5.74) is 3.37. The van der Waals surface area contributed by atoms with Crippen LogP contribution in [0.2, 0.25) is 0 Å². The zero-order valence-corrected chi connectivity index (χ0v) is 22.1. The lowest BCUT2D eigenvalue weighted by Gasteiger charge is -1.76. The standard InChI is InChI=1S/3C5H8N2.C4H7N3.2C2H6/c3*1-4-3-6-5(2)7-4;1-3-5-4(2)7-6-3;2*1-2/h2*3H2,1-2H3;3H,1-2H3,(H,6,7);1-2H3,(H,5,6,7);2*1-2H3. The van der Waals surface area contributed by atoms with E-state index in [1.165, 1.54) is 0 Å². The second kappa shape index (κ2) is 18.8. The molecule has 2 N–H and O–H groups in total. The van der Waals surface area contributed by atoms with Gasteiger partial charge in [-0.25, -0.2) is 20.0 Å². The summed E-state index contributed by atoms with van der Waals surface area (Å²) in [5, 5.41) is 6.49. The molecule has 0 saturated carbocycles. The quantitative estimate of drug-likeness (QED) is 0.575. The number of aromatic amines is 2. The molecule has 0 amide bonds. The SMILES string of the molecule is CC.CC.CC1=NC(C)=NC1.CC1=NC(C)=NC1.Cc1cnc(C)[nH]1.Cc1n[nH]c(C)n1. The Bertz CT molecular complexity index is 762. The van der Waals surface area contributed by atoms with E-state index in [0.717, 1.165) is 59.4 Å². The van der Waals surface area contributed by atoms with Crippen molar-refractivity contribution in [2.45, 2.75) is 83.1 Å². The average molecular weight is 446 g/mol. The Kier molecular flexibility index (Phi) is 18.3. The second-order valence-electron chi connectivity index (χ2n) is 6.54. The van der Waals surface area contributed by atoms with Crippen molar-refractivity contribution in [2.75, 3.05) is 13.1 Å². The molecule has 4 heterocycles. The van der Waals surface area contributed by atoms with Gasteiger partial charge in [0.05, 0.1) is 13.1 Å². The van der Waals surface area contributed by atoms with Crippen molar-refractivity contribution >= 4 is 23.1 Å². The zero-order valence-electron chi connectivity index (χ0n) is 22.1. The maximum absolute atomic E-state index is 4.06. The Labute approximate surface area is 194 Å². The van der Waals surface area contributed by atoms with E-state index in [-0.39, 0.29) is 0 Å². The molecule has 0 fully saturated rings. The van der Waals surface area contributed by atoms with Crippen molar-refractivity contribution in [3.05, 3.63) is 29.4 Å². The summed E-state index contributed by atoms with van der Waals surface area (Å²) in [4.78, 5) is 27.1. The lowest BCUT2D eigenvalue weighted by atomic mass is 10.4. The highest BCUT2D eigenvalue weighted by atomic mass is 15.2. The molecule has 32 heavy (non-hydrogen) atoms. The fraction of sp³-hybridized carbons (Fsp3) is 0.609. The Morgan fingerprint density at radius 3 is 1.25 bits per heavy atom. The van der Waals surface area contributed by atoms with Gasteiger partial charge in [-0.05, 0) is 55.4 Å². The van der Waals surface area contributed by atoms with E-state index in [0.29, 0.717) is 0 Å². The van der Waals surface area contributed by atoms with E-state index < -0.39 is 0 Å². The highest BCUT2D eigenvalue weighted by Crippen LogP contribution is 1.93. The molecule has 2 aromatic rings. The molecular formula is C23H43N9. The van der Waals surface area contributed by atoms with Crippen LogP contribution in [0, 0.1) is 27.7 Å². The van der Waals surface area contributed by atoms with Crippen molar-refractivity contribution in [3.63, 3.8) is 0 Å². The molecule has 0 bridgehead atoms. The second-order valence-corrected chi connectivity index (χ2v) is 6.54. The van der Waals surface area contributed by atoms with Crippen LogP contribution in [0.15, 0.2) is 26.2 Å². The molecule has 9 nitrogen and oxygen atoms in total. The molecule has 2 aromatic heterocycles. The van der Waals surface area contributed by atoms with E-state index >= 15 is 0 Å². The molecule has 9 heteroatoms. The number of nitrogens with zero attached hydrogens (tertiary/aromatic N) is 7. The summed E-state index contributed by atoms with van der Waals surface area (Å²) in [6.07, 6.45) is 1.81. The topological polar surface area (TPSA) is 120 Å². The number of aliphatic imine (C=N–C) groups is 4. The van der Waals surface area contributed by atoms with Crippen LogP contribution in [0.5, 0.6) is 0 Å². The van der Waals surface area contributed by atoms with Crippen LogP contribution in [0.4, 0.5) is 0 Å². The third kappa shape index (κ3) is 16.8. The van der Waals surface area contributed by atoms with Gasteiger partial charge in [-0.2, -0.15) is 5.10 Å². The summed E-state index contributed by atoms with van der Waals surface area (Å²) in [6, 6.07) is 0. The van der Waals surface area contributed by atoms with Crippen LogP contribution in [0.25, 0.3) is 0 Å². The van der Waals surface area contributed by atoms with E-state index in [9.17, 15) is 0 Å². The van der Waals surface area contributed by atoms with Gasteiger partial charge >= 0.3 is 0 Å². The molecule has 0 radical (unpaired) electrons. The zero-order chi connectivity index (χ0) is 25.1. The monoisotopic (exact) mass is 445 g/mol. The number of amidine groups is 2. The average Bonchev–Trinajstić information content (AvgIpc) is 3.53. The first-order valence-corrected chi connectivity index (χ1v) is 11.1. The molecule has 0 atom stereocenters. The van der Waals surface area contributed by atoms with Crippen LogP contribution < -0.4 is 0 Å². The Hall–Kier alpha value is -2.97. The van der Waals surface area contributed by atoms with Gasteiger partial charge < -0.3 is 4.98 Å². The number of aromatic nitrogens is 5. The summed E-state index contributed by atoms with van der Waals surface area (Å²) in [5.74, 6) is 4.49. The van der Waals surface area contributed by atoms with Crippen LogP contribution >= 0.6 is 0 Å². The number of H-pyrrole nitrogens is 2. The molecule has 0 spiro atoms. The van der Waals surface area contributed by atoms with Gasteiger partial charge in [0, 0.05) is 23.3 Å². The highest BCUT2D eigenvalue weighted by molar-refractivity contribution is 6.02. The Morgan fingerprint density at radius 2 is 1.16 bits per heavy atom. The Balaban J connectivity index is 0. The number of rotatable bonds is 0. The van der Waals surface area contributed by atoms with Gasteiger partial charge in [0.1, 0.15) is 29.1 Å². The number of hydrogen-bond acceptors (Lipinski definition) is 7. The fourth-order valence-electron chi connectivity index (χ4n) is 2.15. The van der Waals surface area contributed by atoms with Crippen LogP contribution in [-0.4, -0.2) is 61.3 Å². The van der Waals surface area contributed by atoms with Gasteiger partial charge in [-0.1, -0.05) is 27.7 Å². The van der Waals surface area contributed by atoms with Gasteiger partial charge in [0.2, 0.25) is 0 Å². The maximum atomic E-state index is 4.06. The summed E-state index contributed by atoms with van der Waals surface area (Å²) < 4.78 is 0.